The minimum Gasteiger partial charge on any atom is -0.497 e. The van der Waals surface area contributed by atoms with Crippen LogP contribution in [0, 0.1) is 13.8 Å². The van der Waals surface area contributed by atoms with E-state index in [-0.39, 0.29) is 20.0 Å². The van der Waals surface area contributed by atoms with Crippen LogP contribution >= 0.6 is 34.8 Å². The zero-order chi connectivity index (χ0) is 23.9. The van der Waals surface area contributed by atoms with Crippen LogP contribution in [0.3, 0.4) is 0 Å². The maximum atomic E-state index is 13.2. The van der Waals surface area contributed by atoms with Gasteiger partial charge < -0.3 is 9.30 Å². The van der Waals surface area contributed by atoms with Crippen LogP contribution in [-0.2, 0) is 16.6 Å². The van der Waals surface area contributed by atoms with Crippen LogP contribution in [0.1, 0.15) is 16.7 Å². The molecule has 0 bridgehead atoms. The van der Waals surface area contributed by atoms with Gasteiger partial charge in [-0.25, -0.2) is 13.4 Å². The maximum Gasteiger partial charge on any atom is 0.263 e. The number of sulfonamides is 1. The molecule has 1 heterocycles. The number of aryl methyl sites for hydroxylation is 1. The van der Waals surface area contributed by atoms with Crippen LogP contribution in [0.2, 0.25) is 15.1 Å². The smallest absolute Gasteiger partial charge is 0.263 e. The van der Waals surface area contributed by atoms with Crippen molar-refractivity contribution in [3.63, 3.8) is 0 Å². The molecule has 0 fully saturated rings. The largest absolute Gasteiger partial charge is 0.497 e. The fourth-order valence-electron chi connectivity index (χ4n) is 3.51. The number of aromatic nitrogens is 2. The van der Waals surface area contributed by atoms with Crippen molar-refractivity contribution in [3.8, 4) is 5.75 Å². The van der Waals surface area contributed by atoms with Gasteiger partial charge in [0.2, 0.25) is 0 Å². The summed E-state index contributed by atoms with van der Waals surface area (Å²) in [5.41, 5.74) is 4.45. The van der Waals surface area contributed by atoms with Crippen molar-refractivity contribution in [1.29, 1.82) is 0 Å². The van der Waals surface area contributed by atoms with Crippen LogP contribution in [0.4, 0.5) is 5.69 Å². The summed E-state index contributed by atoms with van der Waals surface area (Å²) in [4.78, 5) is 4.35. The molecule has 3 aromatic carbocycles. The van der Waals surface area contributed by atoms with Gasteiger partial charge in [-0.2, -0.15) is 0 Å². The number of benzene rings is 3. The monoisotopic (exact) mass is 523 g/mol. The molecule has 0 saturated heterocycles. The van der Waals surface area contributed by atoms with E-state index >= 15 is 0 Å². The molecular formula is C23H20Cl3N3O3S. The second-order valence-electron chi connectivity index (χ2n) is 7.56. The first-order valence-corrected chi connectivity index (χ1v) is 12.5. The summed E-state index contributed by atoms with van der Waals surface area (Å²) in [6.07, 6.45) is 1.69. The first-order chi connectivity index (χ1) is 15.6. The van der Waals surface area contributed by atoms with Crippen molar-refractivity contribution in [2.75, 3.05) is 11.8 Å². The molecular weight excluding hydrogens is 505 g/mol. The first kappa shape index (κ1) is 23.7. The Balaban J connectivity index is 1.77. The predicted octanol–water partition coefficient (Wildman–Crippen LogP) is 6.47. The Bertz CT molecular complexity index is 1470. The molecule has 1 aromatic heterocycles. The van der Waals surface area contributed by atoms with Crippen molar-refractivity contribution in [2.24, 2.45) is 0 Å². The van der Waals surface area contributed by atoms with Crippen LogP contribution in [0.25, 0.3) is 11.0 Å². The zero-order valence-electron chi connectivity index (χ0n) is 18.0. The standard InChI is InChI=1S/C23H20Cl3N3O3S/c1-13-10-18-23(27-12-29(18)11-15-4-6-16(32-3)7-5-15)22(14(13)2)28-33(30,31)19-9-8-17(24)20(25)21(19)26/h4-10,12,28H,11H2,1-3H3. The Morgan fingerprint density at radius 1 is 1.03 bits per heavy atom. The van der Waals surface area contributed by atoms with Gasteiger partial charge in [0.15, 0.2) is 0 Å². The molecule has 0 aliphatic rings. The van der Waals surface area contributed by atoms with Gasteiger partial charge in [-0.1, -0.05) is 46.9 Å². The normalized spacial score (nSPS) is 11.7. The number of hydrogen-bond donors (Lipinski definition) is 1. The molecule has 4 rings (SSSR count). The molecule has 0 atom stereocenters. The Hall–Kier alpha value is -2.45. The fourth-order valence-corrected chi connectivity index (χ4v) is 5.62. The molecule has 0 aliphatic heterocycles. The van der Waals surface area contributed by atoms with Crippen molar-refractivity contribution in [3.05, 3.63) is 80.6 Å². The average Bonchev–Trinajstić information content (AvgIpc) is 3.17. The number of imidazole rings is 1. The Labute approximate surface area is 207 Å². The highest BCUT2D eigenvalue weighted by molar-refractivity contribution is 7.92. The second kappa shape index (κ2) is 9.06. The van der Waals surface area contributed by atoms with Crippen LogP contribution in [0.15, 0.2) is 53.7 Å². The van der Waals surface area contributed by atoms with Crippen LogP contribution < -0.4 is 9.46 Å². The molecule has 10 heteroatoms. The number of rotatable bonds is 6. The minimum absolute atomic E-state index is 0.0175. The van der Waals surface area contributed by atoms with E-state index in [9.17, 15) is 8.42 Å². The van der Waals surface area contributed by atoms with Gasteiger partial charge in [-0.15, -0.1) is 0 Å². The summed E-state index contributed by atoms with van der Waals surface area (Å²) in [6.45, 7) is 4.32. The molecule has 0 amide bonds. The molecule has 33 heavy (non-hydrogen) atoms. The Morgan fingerprint density at radius 3 is 2.39 bits per heavy atom. The van der Waals surface area contributed by atoms with Gasteiger partial charge in [0.25, 0.3) is 10.0 Å². The molecule has 0 spiro atoms. The van der Waals surface area contributed by atoms with Crippen LogP contribution in [0.5, 0.6) is 5.75 Å². The zero-order valence-corrected chi connectivity index (χ0v) is 21.1. The van der Waals surface area contributed by atoms with E-state index in [1.807, 2.05) is 48.7 Å². The van der Waals surface area contributed by atoms with Gasteiger partial charge >= 0.3 is 0 Å². The molecule has 6 nitrogen and oxygen atoms in total. The van der Waals surface area contributed by atoms with E-state index in [1.54, 1.807) is 13.4 Å². The lowest BCUT2D eigenvalue weighted by atomic mass is 10.1. The van der Waals surface area contributed by atoms with Gasteiger partial charge in [0.1, 0.15) is 16.2 Å². The van der Waals surface area contributed by atoms with Crippen molar-refractivity contribution in [2.45, 2.75) is 25.3 Å². The second-order valence-corrected chi connectivity index (χ2v) is 10.4. The third-order valence-electron chi connectivity index (χ3n) is 5.47. The molecule has 0 saturated carbocycles. The fraction of sp³-hybridized carbons (Fsp3) is 0.174. The summed E-state index contributed by atoms with van der Waals surface area (Å²) >= 11 is 18.2. The van der Waals surface area contributed by atoms with E-state index in [1.165, 1.54) is 12.1 Å². The highest BCUT2D eigenvalue weighted by Gasteiger charge is 2.24. The number of hydrogen-bond acceptors (Lipinski definition) is 4. The van der Waals surface area contributed by atoms with Crippen LogP contribution in [-0.4, -0.2) is 25.1 Å². The molecule has 0 aliphatic carbocycles. The number of anilines is 1. The van der Waals surface area contributed by atoms with Crippen molar-refractivity contribution in [1.82, 2.24) is 9.55 Å². The summed E-state index contributed by atoms with van der Waals surface area (Å²) in [5.74, 6) is 0.776. The number of nitrogens with zero attached hydrogens (tertiary/aromatic N) is 2. The summed E-state index contributed by atoms with van der Waals surface area (Å²) in [6, 6.07) is 12.4. The lowest BCUT2D eigenvalue weighted by molar-refractivity contribution is 0.414. The first-order valence-electron chi connectivity index (χ1n) is 9.86. The third-order valence-corrected chi connectivity index (χ3v) is 8.27. The number of halogens is 3. The topological polar surface area (TPSA) is 73.2 Å². The third kappa shape index (κ3) is 4.51. The van der Waals surface area contributed by atoms with E-state index in [0.717, 1.165) is 28.0 Å². The molecule has 0 unspecified atom stereocenters. The SMILES string of the molecule is COc1ccc(Cn2cnc3c(NS(=O)(=O)c4ccc(Cl)c(Cl)c4Cl)c(C)c(C)cc32)cc1. The maximum absolute atomic E-state index is 13.2. The number of nitrogens with one attached hydrogen (secondary N) is 1. The molecule has 1 N–H and O–H groups in total. The van der Waals surface area contributed by atoms with E-state index < -0.39 is 10.0 Å². The predicted molar refractivity (Wildman–Crippen MR) is 134 cm³/mol. The van der Waals surface area contributed by atoms with E-state index in [0.29, 0.717) is 17.7 Å². The molecule has 172 valence electrons. The summed E-state index contributed by atoms with van der Waals surface area (Å²) in [7, 11) is -2.44. The lowest BCUT2D eigenvalue weighted by Gasteiger charge is -2.15. The highest BCUT2D eigenvalue weighted by Crippen LogP contribution is 2.37. The lowest BCUT2D eigenvalue weighted by Crippen LogP contribution is -2.15. The van der Waals surface area contributed by atoms with E-state index in [2.05, 4.69) is 9.71 Å². The summed E-state index contributed by atoms with van der Waals surface area (Å²) < 4.78 is 36.3. The van der Waals surface area contributed by atoms with E-state index in [4.69, 9.17) is 39.5 Å². The van der Waals surface area contributed by atoms with Gasteiger partial charge in [0.05, 0.1) is 39.7 Å². The molecule has 4 aromatic rings. The van der Waals surface area contributed by atoms with Crippen molar-refractivity contribution < 1.29 is 13.2 Å². The quantitative estimate of drug-likeness (QED) is 0.293. The highest BCUT2D eigenvalue weighted by atomic mass is 35.5. The Morgan fingerprint density at radius 2 is 1.73 bits per heavy atom. The van der Waals surface area contributed by atoms with Crippen molar-refractivity contribution >= 4 is 61.5 Å². The van der Waals surface area contributed by atoms with Gasteiger partial charge in [0, 0.05) is 6.54 Å². The molecule has 0 radical (unpaired) electrons. The number of fused-ring (bicyclic) bond motifs is 1. The average molecular weight is 525 g/mol. The number of methoxy groups -OCH3 is 1. The Kier molecular flexibility index (Phi) is 6.51. The van der Waals surface area contributed by atoms with Gasteiger partial charge in [-0.05, 0) is 60.9 Å². The summed E-state index contributed by atoms with van der Waals surface area (Å²) in [5, 5.41) is 0.0198. The minimum atomic E-state index is -4.06. The van der Waals surface area contributed by atoms with Gasteiger partial charge in [-0.3, -0.25) is 4.72 Å². The number of ether oxygens (including phenoxy) is 1.